The molecule has 0 unspecified atom stereocenters. The predicted molar refractivity (Wildman–Crippen MR) is 260 cm³/mol. The second-order valence-corrected chi connectivity index (χ2v) is 17.0. The topological polar surface area (TPSA) is 51.6 Å². The number of rotatable bonds is 6. The molecule has 0 bridgehead atoms. The van der Waals surface area contributed by atoms with Gasteiger partial charge in [-0.3, -0.25) is 0 Å². The van der Waals surface area contributed by atoms with Crippen molar-refractivity contribution < 1.29 is 0 Å². The summed E-state index contributed by atoms with van der Waals surface area (Å²) in [4.78, 5) is 20.4. The van der Waals surface area contributed by atoms with Crippen LogP contribution >= 0.6 is 0 Å². The summed E-state index contributed by atoms with van der Waals surface area (Å²) in [6, 6.07) is 73.2. The molecule has 9 aromatic carbocycles. The molecule has 4 nitrogen and oxygen atoms in total. The van der Waals surface area contributed by atoms with Crippen molar-refractivity contribution in [2.24, 2.45) is 0 Å². The standard InChI is InChI=1S/C59H40N4/c1-59(2)50-20-12-11-19-49(50)55-54(59)52(53-48-18-10-9-15-40(48)33-34-51(53)60-55)41-25-21-39(22-26-41)44-29-30-46-36-47(32-31-45(46)35-44)58-62-56(42-16-7-4-8-17-42)61-57(63-58)43-27-23-38(24-28-43)37-13-5-3-6-14-37/h3-36H,1-2H3. The van der Waals surface area contributed by atoms with Gasteiger partial charge in [-0.2, -0.15) is 0 Å². The molecule has 11 aromatic rings. The Labute approximate surface area is 366 Å². The molecule has 0 atom stereocenters. The lowest BCUT2D eigenvalue weighted by Crippen LogP contribution is -2.16. The van der Waals surface area contributed by atoms with E-state index in [-0.39, 0.29) is 5.41 Å². The van der Waals surface area contributed by atoms with E-state index in [0.29, 0.717) is 17.5 Å². The van der Waals surface area contributed by atoms with Crippen LogP contribution < -0.4 is 0 Å². The monoisotopic (exact) mass is 804 g/mol. The van der Waals surface area contributed by atoms with Crippen molar-refractivity contribution in [1.29, 1.82) is 0 Å². The van der Waals surface area contributed by atoms with E-state index in [0.717, 1.165) is 49.8 Å². The van der Waals surface area contributed by atoms with Gasteiger partial charge in [-0.05, 0) is 84.3 Å². The van der Waals surface area contributed by atoms with Crippen LogP contribution in [0.25, 0.3) is 111 Å². The van der Waals surface area contributed by atoms with Crippen molar-refractivity contribution in [3.05, 3.63) is 217 Å². The first-order valence-corrected chi connectivity index (χ1v) is 21.5. The van der Waals surface area contributed by atoms with Crippen LogP contribution in [0.5, 0.6) is 0 Å². The summed E-state index contributed by atoms with van der Waals surface area (Å²) in [6.45, 7) is 4.70. The van der Waals surface area contributed by atoms with Gasteiger partial charge in [0.15, 0.2) is 17.5 Å². The minimum atomic E-state index is -0.213. The zero-order valence-electron chi connectivity index (χ0n) is 34.9. The van der Waals surface area contributed by atoms with Crippen LogP contribution in [-0.2, 0) is 5.41 Å². The summed E-state index contributed by atoms with van der Waals surface area (Å²) >= 11 is 0. The summed E-state index contributed by atoms with van der Waals surface area (Å²) < 4.78 is 0. The highest BCUT2D eigenvalue weighted by molar-refractivity contribution is 6.16. The summed E-state index contributed by atoms with van der Waals surface area (Å²) in [5, 5.41) is 5.93. The first-order chi connectivity index (χ1) is 31.0. The van der Waals surface area contributed by atoms with Crippen LogP contribution in [0.15, 0.2) is 206 Å². The van der Waals surface area contributed by atoms with Gasteiger partial charge >= 0.3 is 0 Å². The zero-order chi connectivity index (χ0) is 42.1. The quantitative estimate of drug-likeness (QED) is 0.157. The van der Waals surface area contributed by atoms with Crippen LogP contribution in [0, 0.1) is 0 Å². The summed E-state index contributed by atoms with van der Waals surface area (Å²) in [7, 11) is 0. The van der Waals surface area contributed by atoms with E-state index >= 15 is 0 Å². The summed E-state index contributed by atoms with van der Waals surface area (Å²) in [5.41, 5.74) is 15.7. The smallest absolute Gasteiger partial charge is 0.164 e. The highest BCUT2D eigenvalue weighted by Crippen LogP contribution is 2.54. The summed E-state index contributed by atoms with van der Waals surface area (Å²) in [6.07, 6.45) is 0. The number of hydrogen-bond acceptors (Lipinski definition) is 4. The Morgan fingerprint density at radius 2 is 0.825 bits per heavy atom. The Kier molecular flexibility index (Phi) is 8.48. The fraction of sp³-hybridized carbons (Fsp3) is 0.0508. The first kappa shape index (κ1) is 36.7. The van der Waals surface area contributed by atoms with Gasteiger partial charge < -0.3 is 0 Å². The predicted octanol–water partition coefficient (Wildman–Crippen LogP) is 15.0. The highest BCUT2D eigenvalue weighted by atomic mass is 15.0. The molecule has 0 amide bonds. The van der Waals surface area contributed by atoms with Crippen molar-refractivity contribution in [3.63, 3.8) is 0 Å². The maximum absolute atomic E-state index is 5.39. The minimum absolute atomic E-state index is 0.213. The third kappa shape index (κ3) is 6.22. The largest absolute Gasteiger partial charge is 0.247 e. The average molecular weight is 805 g/mol. The molecule has 0 saturated heterocycles. The molecule has 0 N–H and O–H groups in total. The number of nitrogens with zero attached hydrogens (tertiary/aromatic N) is 4. The van der Waals surface area contributed by atoms with Crippen molar-refractivity contribution in [3.8, 4) is 78.8 Å². The Hall–Kier alpha value is -8.08. The van der Waals surface area contributed by atoms with Crippen molar-refractivity contribution >= 4 is 32.4 Å². The molecule has 4 heteroatoms. The third-order valence-corrected chi connectivity index (χ3v) is 12.9. The minimum Gasteiger partial charge on any atom is -0.247 e. The van der Waals surface area contributed by atoms with Crippen molar-refractivity contribution in [1.82, 2.24) is 19.9 Å². The number of pyridine rings is 1. The van der Waals surface area contributed by atoms with Gasteiger partial charge in [-0.15, -0.1) is 0 Å². The molecule has 296 valence electrons. The van der Waals surface area contributed by atoms with Gasteiger partial charge in [-0.1, -0.05) is 202 Å². The van der Waals surface area contributed by atoms with Crippen LogP contribution in [0.1, 0.15) is 25.0 Å². The Balaban J connectivity index is 0.915. The molecule has 2 aromatic heterocycles. The van der Waals surface area contributed by atoms with E-state index in [4.69, 9.17) is 19.9 Å². The Bertz CT molecular complexity index is 3560. The van der Waals surface area contributed by atoms with E-state index in [2.05, 4.69) is 184 Å². The Morgan fingerprint density at radius 3 is 1.54 bits per heavy atom. The van der Waals surface area contributed by atoms with E-state index in [1.807, 2.05) is 36.4 Å². The zero-order valence-corrected chi connectivity index (χ0v) is 34.9. The van der Waals surface area contributed by atoms with Gasteiger partial charge in [0.05, 0.1) is 11.2 Å². The number of aromatic nitrogens is 4. The molecule has 63 heavy (non-hydrogen) atoms. The molecule has 1 aliphatic carbocycles. The van der Waals surface area contributed by atoms with Crippen molar-refractivity contribution in [2.75, 3.05) is 0 Å². The molecule has 2 heterocycles. The SMILES string of the molecule is CC1(C)c2ccccc2-c2nc3ccc4ccccc4c3c(-c3ccc(-c4ccc5cc(-c6nc(-c7ccccc7)nc(-c7ccc(-c8ccccc8)cc7)n6)ccc5c4)cc3)c21. The molecule has 1 aliphatic rings. The molecular formula is C59H40N4. The second-order valence-electron chi connectivity index (χ2n) is 17.0. The average Bonchev–Trinajstić information content (AvgIpc) is 3.58. The van der Waals surface area contributed by atoms with Gasteiger partial charge in [0, 0.05) is 33.1 Å². The van der Waals surface area contributed by atoms with Crippen molar-refractivity contribution in [2.45, 2.75) is 19.3 Å². The molecule has 0 fully saturated rings. The molecule has 0 radical (unpaired) electrons. The number of hydrogen-bond donors (Lipinski definition) is 0. The summed E-state index contributed by atoms with van der Waals surface area (Å²) in [5.74, 6) is 1.93. The lowest BCUT2D eigenvalue weighted by molar-refractivity contribution is 0.662. The molecular weight excluding hydrogens is 765 g/mol. The molecule has 0 spiro atoms. The fourth-order valence-corrected chi connectivity index (χ4v) is 9.68. The first-order valence-electron chi connectivity index (χ1n) is 21.5. The van der Waals surface area contributed by atoms with Gasteiger partial charge in [0.25, 0.3) is 0 Å². The third-order valence-electron chi connectivity index (χ3n) is 12.9. The fourth-order valence-electron chi connectivity index (χ4n) is 9.68. The molecule has 12 rings (SSSR count). The number of fused-ring (bicyclic) bond motifs is 7. The normalized spacial score (nSPS) is 12.7. The lowest BCUT2D eigenvalue weighted by atomic mass is 9.78. The molecule has 0 aliphatic heterocycles. The van der Waals surface area contributed by atoms with Crippen LogP contribution in [0.2, 0.25) is 0 Å². The highest BCUT2D eigenvalue weighted by Gasteiger charge is 2.39. The number of benzene rings is 9. The van der Waals surface area contributed by atoms with Crippen LogP contribution in [0.3, 0.4) is 0 Å². The van der Waals surface area contributed by atoms with E-state index in [1.165, 1.54) is 55.1 Å². The second kappa shape index (κ2) is 14.5. The molecule has 0 saturated carbocycles. The van der Waals surface area contributed by atoms with Crippen LogP contribution in [0.4, 0.5) is 0 Å². The van der Waals surface area contributed by atoms with E-state index in [9.17, 15) is 0 Å². The van der Waals surface area contributed by atoms with E-state index < -0.39 is 0 Å². The van der Waals surface area contributed by atoms with E-state index in [1.54, 1.807) is 0 Å². The maximum atomic E-state index is 5.39. The van der Waals surface area contributed by atoms with Crippen LogP contribution in [-0.4, -0.2) is 19.9 Å². The van der Waals surface area contributed by atoms with Gasteiger partial charge in [0.2, 0.25) is 0 Å². The van der Waals surface area contributed by atoms with Gasteiger partial charge in [-0.25, -0.2) is 19.9 Å². The van der Waals surface area contributed by atoms with Gasteiger partial charge in [0.1, 0.15) is 0 Å². The Morgan fingerprint density at radius 1 is 0.349 bits per heavy atom. The lowest BCUT2D eigenvalue weighted by Gasteiger charge is -2.25. The maximum Gasteiger partial charge on any atom is 0.164 e.